The van der Waals surface area contributed by atoms with Crippen molar-refractivity contribution in [1.29, 1.82) is 0 Å². The highest BCUT2D eigenvalue weighted by Crippen LogP contribution is 2.14. The van der Waals surface area contributed by atoms with Gasteiger partial charge in [-0.1, -0.05) is 35.0 Å². The smallest absolute Gasteiger partial charge is 0.227 e. The fraction of sp³-hybridized carbons (Fsp3) is 0.222. The summed E-state index contributed by atoms with van der Waals surface area (Å²) >= 11 is 0. The van der Waals surface area contributed by atoms with Gasteiger partial charge in [0.1, 0.15) is 0 Å². The van der Waals surface area contributed by atoms with Crippen molar-refractivity contribution in [3.8, 4) is 11.4 Å². The van der Waals surface area contributed by atoms with Crippen molar-refractivity contribution in [3.05, 3.63) is 65.8 Å². The Labute approximate surface area is 139 Å². The third-order valence-electron chi connectivity index (χ3n) is 3.56. The van der Waals surface area contributed by atoms with E-state index in [2.05, 4.69) is 20.4 Å². The number of pyridine rings is 1. The molecule has 0 saturated heterocycles. The van der Waals surface area contributed by atoms with Gasteiger partial charge in [-0.15, -0.1) is 0 Å². The van der Waals surface area contributed by atoms with E-state index in [0.29, 0.717) is 31.1 Å². The van der Waals surface area contributed by atoms with Crippen LogP contribution in [0.5, 0.6) is 0 Å². The minimum atomic E-state index is -0.0447. The van der Waals surface area contributed by atoms with Gasteiger partial charge in [0.25, 0.3) is 0 Å². The number of aromatic nitrogens is 3. The molecule has 2 aromatic heterocycles. The van der Waals surface area contributed by atoms with E-state index in [4.69, 9.17) is 4.52 Å². The average Bonchev–Trinajstić information content (AvgIpc) is 3.09. The molecule has 0 atom stereocenters. The van der Waals surface area contributed by atoms with Crippen LogP contribution in [0.25, 0.3) is 11.4 Å². The molecule has 1 N–H and O–H groups in total. The second-order valence-corrected chi connectivity index (χ2v) is 5.52. The molecule has 0 bridgehead atoms. The molecule has 3 rings (SSSR count). The van der Waals surface area contributed by atoms with Crippen molar-refractivity contribution in [2.24, 2.45) is 0 Å². The number of rotatable bonds is 6. The predicted molar refractivity (Wildman–Crippen MR) is 88.9 cm³/mol. The first kappa shape index (κ1) is 15.9. The van der Waals surface area contributed by atoms with E-state index in [-0.39, 0.29) is 5.91 Å². The lowest BCUT2D eigenvalue weighted by Crippen LogP contribution is -2.23. The van der Waals surface area contributed by atoms with E-state index in [1.807, 2.05) is 43.3 Å². The van der Waals surface area contributed by atoms with Gasteiger partial charge < -0.3 is 9.84 Å². The Morgan fingerprint density at radius 2 is 2.04 bits per heavy atom. The van der Waals surface area contributed by atoms with Gasteiger partial charge in [-0.25, -0.2) is 0 Å². The maximum atomic E-state index is 11.9. The zero-order chi connectivity index (χ0) is 16.8. The molecule has 122 valence electrons. The van der Waals surface area contributed by atoms with Gasteiger partial charge in [-0.05, 0) is 24.6 Å². The summed E-state index contributed by atoms with van der Waals surface area (Å²) in [6.07, 6.45) is 4.07. The number of hydrogen-bond donors (Lipinski definition) is 1. The lowest BCUT2D eigenvalue weighted by molar-refractivity contribution is -0.121. The van der Waals surface area contributed by atoms with Gasteiger partial charge in [-0.2, -0.15) is 4.98 Å². The highest BCUT2D eigenvalue weighted by molar-refractivity contribution is 5.76. The van der Waals surface area contributed by atoms with E-state index >= 15 is 0 Å². The second kappa shape index (κ2) is 7.50. The summed E-state index contributed by atoms with van der Waals surface area (Å²) < 4.78 is 5.18. The molecular formula is C18H18N4O2. The lowest BCUT2D eigenvalue weighted by Gasteiger charge is -2.04. The molecule has 3 aromatic rings. The van der Waals surface area contributed by atoms with Gasteiger partial charge in [0.2, 0.25) is 17.6 Å². The van der Waals surface area contributed by atoms with E-state index in [1.54, 1.807) is 12.4 Å². The molecule has 0 saturated carbocycles. The molecular weight excluding hydrogens is 304 g/mol. The third-order valence-corrected chi connectivity index (χ3v) is 3.56. The zero-order valence-corrected chi connectivity index (χ0v) is 13.4. The minimum absolute atomic E-state index is 0.0447. The van der Waals surface area contributed by atoms with Gasteiger partial charge in [0.05, 0.1) is 0 Å². The number of nitrogens with one attached hydrogen (secondary N) is 1. The van der Waals surface area contributed by atoms with E-state index < -0.39 is 0 Å². The first-order valence-electron chi connectivity index (χ1n) is 7.76. The molecule has 6 nitrogen and oxygen atoms in total. The topological polar surface area (TPSA) is 80.9 Å². The number of benzene rings is 1. The number of aryl methyl sites for hydroxylation is 2. The standard InChI is InChI=1S/C18H18N4O2/c1-13-4-6-14(7-5-13)11-20-16(23)8-9-17-21-18(22-24-17)15-3-2-10-19-12-15/h2-7,10,12H,8-9,11H2,1H3,(H,20,23). The largest absolute Gasteiger partial charge is 0.352 e. The van der Waals surface area contributed by atoms with Crippen LogP contribution in [0.4, 0.5) is 0 Å². The molecule has 2 heterocycles. The van der Waals surface area contributed by atoms with E-state index in [9.17, 15) is 4.79 Å². The molecule has 24 heavy (non-hydrogen) atoms. The summed E-state index contributed by atoms with van der Waals surface area (Å²) in [5.41, 5.74) is 3.06. The van der Waals surface area contributed by atoms with Crippen molar-refractivity contribution in [2.45, 2.75) is 26.3 Å². The van der Waals surface area contributed by atoms with Crippen LogP contribution in [0.15, 0.2) is 53.3 Å². The number of carbonyl (C=O) groups is 1. The number of carbonyl (C=O) groups excluding carboxylic acids is 1. The van der Waals surface area contributed by atoms with Crippen LogP contribution in [0.3, 0.4) is 0 Å². The van der Waals surface area contributed by atoms with E-state index in [0.717, 1.165) is 11.1 Å². The van der Waals surface area contributed by atoms with E-state index in [1.165, 1.54) is 5.56 Å². The Kier molecular flexibility index (Phi) is 4.96. The quantitative estimate of drug-likeness (QED) is 0.754. The third kappa shape index (κ3) is 4.25. The molecule has 0 fully saturated rings. The molecule has 0 radical (unpaired) electrons. The average molecular weight is 322 g/mol. The fourth-order valence-corrected chi connectivity index (χ4v) is 2.18. The summed E-state index contributed by atoms with van der Waals surface area (Å²) in [6, 6.07) is 11.7. The van der Waals surface area contributed by atoms with Crippen LogP contribution in [0.1, 0.15) is 23.4 Å². The number of amides is 1. The Balaban J connectivity index is 1.48. The molecule has 1 aromatic carbocycles. The monoisotopic (exact) mass is 322 g/mol. The summed E-state index contributed by atoms with van der Waals surface area (Å²) in [5.74, 6) is 0.884. The zero-order valence-electron chi connectivity index (χ0n) is 13.4. The maximum absolute atomic E-state index is 11.9. The molecule has 0 spiro atoms. The Hall–Kier alpha value is -3.02. The van der Waals surface area contributed by atoms with Crippen molar-refractivity contribution < 1.29 is 9.32 Å². The Bertz CT molecular complexity index is 797. The van der Waals surface area contributed by atoms with Crippen LogP contribution in [-0.4, -0.2) is 21.0 Å². The van der Waals surface area contributed by atoms with Crippen LogP contribution in [-0.2, 0) is 17.8 Å². The predicted octanol–water partition coefficient (Wildman–Crippen LogP) is 2.69. The summed E-state index contributed by atoms with van der Waals surface area (Å²) in [6.45, 7) is 2.55. The maximum Gasteiger partial charge on any atom is 0.227 e. The lowest BCUT2D eigenvalue weighted by atomic mass is 10.1. The first-order chi connectivity index (χ1) is 11.7. The molecule has 0 unspecified atom stereocenters. The fourth-order valence-electron chi connectivity index (χ4n) is 2.18. The molecule has 0 aliphatic rings. The van der Waals surface area contributed by atoms with Crippen LogP contribution < -0.4 is 5.32 Å². The normalized spacial score (nSPS) is 10.5. The van der Waals surface area contributed by atoms with Crippen molar-refractivity contribution in [2.75, 3.05) is 0 Å². The number of hydrogen-bond acceptors (Lipinski definition) is 5. The van der Waals surface area contributed by atoms with Gasteiger partial charge >= 0.3 is 0 Å². The van der Waals surface area contributed by atoms with Crippen molar-refractivity contribution in [1.82, 2.24) is 20.4 Å². The van der Waals surface area contributed by atoms with Crippen LogP contribution in [0, 0.1) is 6.92 Å². The highest BCUT2D eigenvalue weighted by Gasteiger charge is 2.10. The molecule has 6 heteroatoms. The highest BCUT2D eigenvalue weighted by atomic mass is 16.5. The van der Waals surface area contributed by atoms with Crippen molar-refractivity contribution in [3.63, 3.8) is 0 Å². The minimum Gasteiger partial charge on any atom is -0.352 e. The molecule has 0 aliphatic heterocycles. The van der Waals surface area contributed by atoms with Gasteiger partial charge in [0, 0.05) is 37.3 Å². The Morgan fingerprint density at radius 1 is 1.21 bits per heavy atom. The summed E-state index contributed by atoms with van der Waals surface area (Å²) in [4.78, 5) is 20.2. The Morgan fingerprint density at radius 3 is 2.79 bits per heavy atom. The second-order valence-electron chi connectivity index (χ2n) is 5.52. The van der Waals surface area contributed by atoms with Crippen LogP contribution in [0.2, 0.25) is 0 Å². The summed E-state index contributed by atoms with van der Waals surface area (Å²) in [5, 5.41) is 6.80. The van der Waals surface area contributed by atoms with Crippen LogP contribution >= 0.6 is 0 Å². The first-order valence-corrected chi connectivity index (χ1v) is 7.76. The number of nitrogens with zero attached hydrogens (tertiary/aromatic N) is 3. The van der Waals surface area contributed by atoms with Gasteiger partial charge in [-0.3, -0.25) is 9.78 Å². The SMILES string of the molecule is Cc1ccc(CNC(=O)CCc2nc(-c3cccnc3)no2)cc1. The summed E-state index contributed by atoms with van der Waals surface area (Å²) in [7, 11) is 0. The van der Waals surface area contributed by atoms with Gasteiger partial charge in [0.15, 0.2) is 0 Å². The molecule has 0 aliphatic carbocycles. The van der Waals surface area contributed by atoms with Crippen molar-refractivity contribution >= 4 is 5.91 Å². The molecule has 1 amide bonds.